The summed E-state index contributed by atoms with van der Waals surface area (Å²) < 4.78 is 16.9. The molecule has 0 aromatic heterocycles. The van der Waals surface area contributed by atoms with Crippen LogP contribution in [0.2, 0.25) is 0 Å². The number of rotatable bonds is 56. The number of hydrogen-bond acceptors (Lipinski definition) is 6. The van der Waals surface area contributed by atoms with Crippen molar-refractivity contribution in [2.24, 2.45) is 0 Å². The van der Waals surface area contributed by atoms with Crippen molar-refractivity contribution in [3.8, 4) is 0 Å². The Hall–Kier alpha value is -2.63. The van der Waals surface area contributed by atoms with Crippen LogP contribution in [0.25, 0.3) is 0 Å². The van der Waals surface area contributed by atoms with E-state index in [9.17, 15) is 14.4 Å². The molecular weight excluding hydrogens is 865 g/mol. The summed E-state index contributed by atoms with van der Waals surface area (Å²) in [6, 6.07) is 0. The van der Waals surface area contributed by atoms with Crippen LogP contribution in [-0.2, 0) is 28.6 Å². The van der Waals surface area contributed by atoms with Crippen molar-refractivity contribution in [3.05, 3.63) is 48.6 Å². The minimum absolute atomic E-state index is 0.0767. The molecule has 0 aromatic rings. The van der Waals surface area contributed by atoms with Crippen molar-refractivity contribution in [1.29, 1.82) is 0 Å². The van der Waals surface area contributed by atoms with Crippen LogP contribution in [0, 0.1) is 0 Å². The van der Waals surface area contributed by atoms with Gasteiger partial charge in [0.1, 0.15) is 13.2 Å². The van der Waals surface area contributed by atoms with Gasteiger partial charge in [-0.2, -0.15) is 0 Å². The molecule has 0 aliphatic carbocycles. The second kappa shape index (κ2) is 58.9. The van der Waals surface area contributed by atoms with Gasteiger partial charge in [-0.15, -0.1) is 0 Å². The van der Waals surface area contributed by atoms with Crippen LogP contribution < -0.4 is 0 Å². The molecule has 0 aromatic carbocycles. The van der Waals surface area contributed by atoms with E-state index in [4.69, 9.17) is 14.2 Å². The highest BCUT2D eigenvalue weighted by Crippen LogP contribution is 2.16. The zero-order chi connectivity index (χ0) is 50.7. The second-order valence-electron chi connectivity index (χ2n) is 20.6. The second-order valence-corrected chi connectivity index (χ2v) is 20.6. The van der Waals surface area contributed by atoms with Crippen molar-refractivity contribution in [2.75, 3.05) is 13.2 Å². The fourth-order valence-corrected chi connectivity index (χ4v) is 8.86. The first-order chi connectivity index (χ1) is 34.5. The van der Waals surface area contributed by atoms with Crippen LogP contribution in [0.5, 0.6) is 0 Å². The van der Waals surface area contributed by atoms with Crippen LogP contribution in [0.3, 0.4) is 0 Å². The first-order valence-corrected chi connectivity index (χ1v) is 30.6. The third-order valence-electron chi connectivity index (χ3n) is 13.5. The molecule has 0 bridgehead atoms. The maximum Gasteiger partial charge on any atom is 0.306 e. The van der Waals surface area contributed by atoms with Crippen LogP contribution in [-0.4, -0.2) is 37.2 Å². The van der Waals surface area contributed by atoms with Gasteiger partial charge in [0, 0.05) is 19.3 Å². The molecule has 0 aliphatic rings. The zero-order valence-electron chi connectivity index (χ0n) is 46.8. The first kappa shape index (κ1) is 67.4. The van der Waals surface area contributed by atoms with E-state index in [0.29, 0.717) is 19.3 Å². The molecule has 6 nitrogen and oxygen atoms in total. The van der Waals surface area contributed by atoms with E-state index in [0.717, 1.165) is 70.6 Å². The van der Waals surface area contributed by atoms with E-state index in [1.807, 2.05) is 0 Å². The molecule has 0 rings (SSSR count). The topological polar surface area (TPSA) is 78.9 Å². The quantitative estimate of drug-likeness (QED) is 0.0261. The molecule has 1 unspecified atom stereocenters. The summed E-state index contributed by atoms with van der Waals surface area (Å²) in [6.07, 6.45) is 72.5. The van der Waals surface area contributed by atoms with Crippen LogP contribution in [0.15, 0.2) is 48.6 Å². The molecule has 0 aliphatic heterocycles. The molecule has 1 atom stereocenters. The summed E-state index contributed by atoms with van der Waals surface area (Å²) in [5.74, 6) is -0.878. The molecule has 6 heteroatoms. The molecule has 0 saturated heterocycles. The van der Waals surface area contributed by atoms with Gasteiger partial charge in [0.15, 0.2) is 6.10 Å². The van der Waals surface area contributed by atoms with E-state index in [1.165, 1.54) is 212 Å². The normalized spacial score (nSPS) is 12.3. The smallest absolute Gasteiger partial charge is 0.306 e. The van der Waals surface area contributed by atoms with Crippen molar-refractivity contribution >= 4 is 17.9 Å². The Morgan fingerprint density at radius 2 is 0.529 bits per heavy atom. The van der Waals surface area contributed by atoms with Crippen molar-refractivity contribution in [1.82, 2.24) is 0 Å². The molecule has 0 spiro atoms. The van der Waals surface area contributed by atoms with Crippen molar-refractivity contribution < 1.29 is 28.6 Å². The van der Waals surface area contributed by atoms with Gasteiger partial charge in [0.05, 0.1) is 0 Å². The average molecular weight is 982 g/mol. The van der Waals surface area contributed by atoms with Gasteiger partial charge in [-0.25, -0.2) is 0 Å². The molecule has 0 amide bonds. The largest absolute Gasteiger partial charge is 0.462 e. The lowest BCUT2D eigenvalue weighted by molar-refractivity contribution is -0.167. The molecule has 0 radical (unpaired) electrons. The Kier molecular flexibility index (Phi) is 56.7. The first-order valence-electron chi connectivity index (χ1n) is 30.6. The fourth-order valence-electron chi connectivity index (χ4n) is 8.86. The highest BCUT2D eigenvalue weighted by molar-refractivity contribution is 5.71. The molecule has 408 valence electrons. The predicted octanol–water partition coefficient (Wildman–Crippen LogP) is 20.6. The van der Waals surface area contributed by atoms with Crippen LogP contribution in [0.1, 0.15) is 323 Å². The van der Waals surface area contributed by atoms with E-state index >= 15 is 0 Å². The summed E-state index contributed by atoms with van der Waals surface area (Å²) in [5, 5.41) is 0. The Morgan fingerprint density at radius 1 is 0.286 bits per heavy atom. The number of esters is 3. The van der Waals surface area contributed by atoms with Crippen LogP contribution >= 0.6 is 0 Å². The van der Waals surface area contributed by atoms with Gasteiger partial charge >= 0.3 is 17.9 Å². The summed E-state index contributed by atoms with van der Waals surface area (Å²) >= 11 is 0. The maximum absolute atomic E-state index is 12.9. The molecular formula is C64H116O6. The number of carbonyl (C=O) groups excluding carboxylic acids is 3. The maximum atomic E-state index is 12.9. The third kappa shape index (κ3) is 56.3. The number of unbranched alkanes of at least 4 members (excludes halogenated alkanes) is 37. The number of ether oxygens (including phenoxy) is 3. The van der Waals surface area contributed by atoms with Crippen LogP contribution in [0.4, 0.5) is 0 Å². The standard InChI is InChI=1S/C64H116O6/c1-4-7-10-13-16-19-22-24-26-28-30-31-32-33-34-36-37-39-42-45-48-51-54-57-63(66)69-60-61(59-68-62(65)56-53-50-47-44-41-21-18-15-12-9-6-3)70-64(67)58-55-52-49-46-43-40-38-35-29-27-25-23-20-17-14-11-8-5-2/h15,18,22,24,27-30,61H,4-14,16-17,19-21,23,25-26,31-60H2,1-3H3/b18-15-,24-22-,29-27-,30-28-. The molecule has 0 heterocycles. The van der Waals surface area contributed by atoms with E-state index in [1.54, 1.807) is 0 Å². The number of allylic oxidation sites excluding steroid dienone is 8. The monoisotopic (exact) mass is 981 g/mol. The lowest BCUT2D eigenvalue weighted by atomic mass is 10.0. The Balaban J connectivity index is 4.27. The molecule has 0 N–H and O–H groups in total. The summed E-state index contributed by atoms with van der Waals surface area (Å²) in [6.45, 7) is 6.61. The van der Waals surface area contributed by atoms with E-state index in [-0.39, 0.29) is 31.1 Å². The van der Waals surface area contributed by atoms with Crippen molar-refractivity contribution in [2.45, 2.75) is 329 Å². The predicted molar refractivity (Wildman–Crippen MR) is 302 cm³/mol. The molecule has 0 saturated carbocycles. The van der Waals surface area contributed by atoms with Gasteiger partial charge < -0.3 is 14.2 Å². The van der Waals surface area contributed by atoms with E-state index < -0.39 is 6.10 Å². The summed E-state index contributed by atoms with van der Waals surface area (Å²) in [4.78, 5) is 38.2. The highest BCUT2D eigenvalue weighted by atomic mass is 16.6. The summed E-state index contributed by atoms with van der Waals surface area (Å²) in [5.41, 5.74) is 0. The SMILES string of the molecule is CCCC/C=C\CCCCCCCC(=O)OCC(COC(=O)CCCCCCCCCCCCC/C=C\C/C=C\CCCCCCC)OC(=O)CCCCCCCCC/C=C\CCCCCCCCC. The number of carbonyl (C=O) groups is 3. The fraction of sp³-hybridized carbons (Fsp3) is 0.828. The minimum Gasteiger partial charge on any atom is -0.462 e. The van der Waals surface area contributed by atoms with Gasteiger partial charge in [-0.05, 0) is 96.3 Å². The van der Waals surface area contributed by atoms with Gasteiger partial charge in [-0.1, -0.05) is 256 Å². The van der Waals surface area contributed by atoms with Crippen molar-refractivity contribution in [3.63, 3.8) is 0 Å². The zero-order valence-corrected chi connectivity index (χ0v) is 46.8. The molecule has 0 fully saturated rings. The lowest BCUT2D eigenvalue weighted by Crippen LogP contribution is -2.30. The van der Waals surface area contributed by atoms with Gasteiger partial charge in [0.2, 0.25) is 0 Å². The highest BCUT2D eigenvalue weighted by Gasteiger charge is 2.19. The Labute approximate surface area is 435 Å². The third-order valence-corrected chi connectivity index (χ3v) is 13.5. The average Bonchev–Trinajstić information content (AvgIpc) is 3.36. The minimum atomic E-state index is -0.778. The van der Waals surface area contributed by atoms with E-state index in [2.05, 4.69) is 69.4 Å². The number of hydrogen-bond donors (Lipinski definition) is 0. The Morgan fingerprint density at radius 3 is 0.843 bits per heavy atom. The lowest BCUT2D eigenvalue weighted by Gasteiger charge is -2.18. The van der Waals surface area contributed by atoms with Gasteiger partial charge in [-0.3, -0.25) is 14.4 Å². The van der Waals surface area contributed by atoms with Gasteiger partial charge in [0.25, 0.3) is 0 Å². The summed E-state index contributed by atoms with van der Waals surface area (Å²) in [7, 11) is 0. The Bertz CT molecular complexity index is 1220. The molecule has 70 heavy (non-hydrogen) atoms.